The van der Waals surface area contributed by atoms with Crippen LogP contribution in [-0.2, 0) is 6.54 Å². The molecule has 0 saturated carbocycles. The lowest BCUT2D eigenvalue weighted by atomic mass is 10.3. The van der Waals surface area contributed by atoms with Crippen LogP contribution in [0.2, 0.25) is 0 Å². The third-order valence-electron chi connectivity index (χ3n) is 3.31. The lowest BCUT2D eigenvalue weighted by molar-refractivity contribution is 0.278. The van der Waals surface area contributed by atoms with Gasteiger partial charge in [0.2, 0.25) is 5.95 Å². The molecule has 0 radical (unpaired) electrons. The number of anilines is 2. The van der Waals surface area contributed by atoms with Crippen LogP contribution in [0.3, 0.4) is 0 Å². The third kappa shape index (κ3) is 2.12. The molecule has 1 aromatic carbocycles. The van der Waals surface area contributed by atoms with Crippen molar-refractivity contribution in [2.75, 3.05) is 18.6 Å². The summed E-state index contributed by atoms with van der Waals surface area (Å²) in [6, 6.07) is 11.8. The first kappa shape index (κ1) is 12.6. The molecule has 0 bridgehead atoms. The summed E-state index contributed by atoms with van der Waals surface area (Å²) in [5.41, 5.74) is 2.96. The molecule has 0 unspecified atom stereocenters. The summed E-state index contributed by atoms with van der Waals surface area (Å²) >= 11 is 0. The van der Waals surface area contributed by atoms with Crippen molar-refractivity contribution < 1.29 is 5.11 Å². The largest absolute Gasteiger partial charge is 0.395 e. The summed E-state index contributed by atoms with van der Waals surface area (Å²) in [7, 11) is 1.96. The maximum Gasteiger partial charge on any atom is 0.210 e. The number of aliphatic hydroxyl groups excluding tert-OH is 1. The van der Waals surface area contributed by atoms with E-state index in [4.69, 9.17) is 0 Å². The van der Waals surface area contributed by atoms with Gasteiger partial charge in [-0.15, -0.1) is 0 Å². The first-order valence-electron chi connectivity index (χ1n) is 6.51. The predicted octanol–water partition coefficient (Wildman–Crippen LogP) is 2.19. The van der Waals surface area contributed by atoms with Gasteiger partial charge in [0.15, 0.2) is 0 Å². The van der Waals surface area contributed by atoms with Crippen molar-refractivity contribution in [3.05, 3.63) is 48.8 Å². The van der Waals surface area contributed by atoms with E-state index in [0.717, 1.165) is 22.7 Å². The average molecular weight is 268 g/mol. The van der Waals surface area contributed by atoms with Gasteiger partial charge in [-0.1, -0.05) is 12.1 Å². The normalized spacial score (nSPS) is 10.9. The highest BCUT2D eigenvalue weighted by Crippen LogP contribution is 2.26. The summed E-state index contributed by atoms with van der Waals surface area (Å²) in [6.45, 7) is 0.600. The first-order chi connectivity index (χ1) is 9.81. The van der Waals surface area contributed by atoms with Crippen LogP contribution in [-0.4, -0.2) is 33.3 Å². The van der Waals surface area contributed by atoms with Crippen LogP contribution in [0.15, 0.2) is 48.8 Å². The van der Waals surface area contributed by atoms with Gasteiger partial charge in [-0.05, 0) is 24.3 Å². The SMILES string of the molecule is CN(c1ccncc1)c1nc2ccccc2n1CCO. The van der Waals surface area contributed by atoms with Crippen molar-refractivity contribution in [3.8, 4) is 0 Å². The lowest BCUT2D eigenvalue weighted by Crippen LogP contribution is -2.16. The van der Waals surface area contributed by atoms with Crippen molar-refractivity contribution in [1.29, 1.82) is 0 Å². The van der Waals surface area contributed by atoms with Gasteiger partial charge in [0.25, 0.3) is 0 Å². The van der Waals surface area contributed by atoms with Crippen LogP contribution in [0, 0.1) is 0 Å². The zero-order valence-electron chi connectivity index (χ0n) is 11.3. The number of nitrogens with zero attached hydrogens (tertiary/aromatic N) is 4. The zero-order valence-corrected chi connectivity index (χ0v) is 11.3. The Morgan fingerprint density at radius 3 is 2.65 bits per heavy atom. The van der Waals surface area contributed by atoms with Gasteiger partial charge in [-0.3, -0.25) is 4.98 Å². The molecule has 2 heterocycles. The number of aliphatic hydroxyl groups is 1. The molecule has 3 aromatic rings. The second kappa shape index (κ2) is 5.30. The smallest absolute Gasteiger partial charge is 0.210 e. The van der Waals surface area contributed by atoms with Gasteiger partial charge in [0.05, 0.1) is 17.6 Å². The standard InChI is InChI=1S/C15H16N4O/c1-18(12-6-8-16-9-7-12)15-17-13-4-2-3-5-14(13)19(15)10-11-20/h2-9,20H,10-11H2,1H3. The summed E-state index contributed by atoms with van der Waals surface area (Å²) < 4.78 is 2.02. The molecule has 0 aliphatic rings. The van der Waals surface area contributed by atoms with Crippen molar-refractivity contribution in [3.63, 3.8) is 0 Å². The molecule has 3 rings (SSSR count). The molecule has 0 aliphatic carbocycles. The fourth-order valence-corrected chi connectivity index (χ4v) is 2.32. The summed E-state index contributed by atoms with van der Waals surface area (Å²) in [5, 5.41) is 9.30. The van der Waals surface area contributed by atoms with E-state index >= 15 is 0 Å². The molecule has 20 heavy (non-hydrogen) atoms. The minimum atomic E-state index is 0.0809. The number of benzene rings is 1. The summed E-state index contributed by atoms with van der Waals surface area (Å²) in [5.74, 6) is 0.812. The van der Waals surface area contributed by atoms with Crippen molar-refractivity contribution in [2.45, 2.75) is 6.54 Å². The van der Waals surface area contributed by atoms with Crippen LogP contribution in [0.1, 0.15) is 0 Å². The van der Waals surface area contributed by atoms with Crippen molar-refractivity contribution in [2.24, 2.45) is 0 Å². The highest BCUT2D eigenvalue weighted by molar-refractivity contribution is 5.80. The third-order valence-corrected chi connectivity index (χ3v) is 3.31. The van der Waals surface area contributed by atoms with E-state index < -0.39 is 0 Å². The minimum absolute atomic E-state index is 0.0809. The Morgan fingerprint density at radius 2 is 1.90 bits per heavy atom. The molecule has 2 aromatic heterocycles. The molecule has 102 valence electrons. The van der Waals surface area contributed by atoms with Crippen LogP contribution < -0.4 is 4.90 Å². The van der Waals surface area contributed by atoms with Gasteiger partial charge in [-0.2, -0.15) is 0 Å². The first-order valence-corrected chi connectivity index (χ1v) is 6.51. The van der Waals surface area contributed by atoms with Gasteiger partial charge < -0.3 is 14.6 Å². The molecular weight excluding hydrogens is 252 g/mol. The van der Waals surface area contributed by atoms with Crippen LogP contribution >= 0.6 is 0 Å². The number of fused-ring (bicyclic) bond motifs is 1. The Labute approximate surface area is 117 Å². The molecule has 5 nitrogen and oxygen atoms in total. The Bertz CT molecular complexity index is 708. The zero-order chi connectivity index (χ0) is 13.9. The predicted molar refractivity (Wildman–Crippen MR) is 79.1 cm³/mol. The molecule has 0 fully saturated rings. The van der Waals surface area contributed by atoms with Crippen LogP contribution in [0.4, 0.5) is 11.6 Å². The Morgan fingerprint density at radius 1 is 1.15 bits per heavy atom. The summed E-state index contributed by atoms with van der Waals surface area (Å²) in [6.07, 6.45) is 3.51. The fourth-order valence-electron chi connectivity index (χ4n) is 2.32. The maximum atomic E-state index is 9.30. The molecule has 0 atom stereocenters. The number of hydrogen-bond donors (Lipinski definition) is 1. The highest BCUT2D eigenvalue weighted by atomic mass is 16.3. The Hall–Kier alpha value is -2.40. The number of imidazole rings is 1. The van der Waals surface area contributed by atoms with Gasteiger partial charge in [0.1, 0.15) is 0 Å². The van der Waals surface area contributed by atoms with E-state index in [2.05, 4.69) is 9.97 Å². The maximum absolute atomic E-state index is 9.30. The number of pyridine rings is 1. The van der Waals surface area contributed by atoms with E-state index in [-0.39, 0.29) is 6.61 Å². The molecule has 0 saturated heterocycles. The average Bonchev–Trinajstić information content (AvgIpc) is 2.87. The van der Waals surface area contributed by atoms with Gasteiger partial charge >= 0.3 is 0 Å². The van der Waals surface area contributed by atoms with E-state index in [1.54, 1.807) is 12.4 Å². The quantitative estimate of drug-likeness (QED) is 0.788. The van der Waals surface area contributed by atoms with Gasteiger partial charge in [-0.25, -0.2) is 4.98 Å². The van der Waals surface area contributed by atoms with E-state index in [1.807, 2.05) is 52.9 Å². The molecule has 5 heteroatoms. The molecule has 1 N–H and O–H groups in total. The monoisotopic (exact) mass is 268 g/mol. The molecule has 0 aliphatic heterocycles. The second-order valence-electron chi connectivity index (χ2n) is 4.54. The number of hydrogen-bond acceptors (Lipinski definition) is 4. The topological polar surface area (TPSA) is 54.2 Å². The fraction of sp³-hybridized carbons (Fsp3) is 0.200. The van der Waals surface area contributed by atoms with Crippen molar-refractivity contribution in [1.82, 2.24) is 14.5 Å². The Kier molecular flexibility index (Phi) is 3.35. The van der Waals surface area contributed by atoms with Crippen LogP contribution in [0.25, 0.3) is 11.0 Å². The lowest BCUT2D eigenvalue weighted by Gasteiger charge is -2.19. The highest BCUT2D eigenvalue weighted by Gasteiger charge is 2.14. The van der Waals surface area contributed by atoms with E-state index in [9.17, 15) is 5.11 Å². The van der Waals surface area contributed by atoms with Gasteiger partial charge in [0, 0.05) is 31.7 Å². The number of aromatic nitrogens is 3. The Balaban J connectivity index is 2.12. The molecule has 0 amide bonds. The summed E-state index contributed by atoms with van der Waals surface area (Å²) in [4.78, 5) is 10.7. The minimum Gasteiger partial charge on any atom is -0.395 e. The van der Waals surface area contributed by atoms with E-state index in [0.29, 0.717) is 6.54 Å². The number of rotatable bonds is 4. The molecular formula is C15H16N4O. The van der Waals surface area contributed by atoms with Crippen molar-refractivity contribution >= 4 is 22.7 Å². The van der Waals surface area contributed by atoms with Crippen LogP contribution in [0.5, 0.6) is 0 Å². The molecule has 0 spiro atoms. The number of para-hydroxylation sites is 2. The second-order valence-corrected chi connectivity index (χ2v) is 4.54. The van der Waals surface area contributed by atoms with E-state index in [1.165, 1.54) is 0 Å².